The number of halogens is 4. The van der Waals surface area contributed by atoms with Gasteiger partial charge in [0.2, 0.25) is 11.9 Å². The molecule has 2 aromatic rings. The molecule has 0 unspecified atom stereocenters. The van der Waals surface area contributed by atoms with Gasteiger partial charge in [-0.15, -0.1) is 0 Å². The van der Waals surface area contributed by atoms with Crippen LogP contribution in [0.4, 0.5) is 29.5 Å². The van der Waals surface area contributed by atoms with Crippen molar-refractivity contribution in [3.8, 4) is 11.5 Å². The molecule has 23 heavy (non-hydrogen) atoms. The number of nitrogens with zero attached hydrogens (tertiary/aromatic N) is 4. The lowest BCUT2D eigenvalue weighted by atomic mass is 9.88. The Labute approximate surface area is 128 Å². The summed E-state index contributed by atoms with van der Waals surface area (Å²) < 4.78 is 51.1. The second-order valence-corrected chi connectivity index (χ2v) is 5.19. The Bertz CT molecular complexity index is 715. The highest BCUT2D eigenvalue weighted by molar-refractivity contribution is 5.53. The van der Waals surface area contributed by atoms with Gasteiger partial charge in [-0.05, 0) is 12.1 Å². The van der Waals surface area contributed by atoms with Crippen LogP contribution in [0.15, 0.2) is 18.2 Å². The van der Waals surface area contributed by atoms with E-state index in [1.54, 1.807) is 0 Å². The predicted octanol–water partition coefficient (Wildman–Crippen LogP) is 2.66. The van der Waals surface area contributed by atoms with Crippen LogP contribution in [0.3, 0.4) is 0 Å². The summed E-state index contributed by atoms with van der Waals surface area (Å²) in [6.45, 7) is 0. The topological polar surface area (TPSA) is 89.6 Å². The van der Waals surface area contributed by atoms with Crippen LogP contribution in [0.2, 0.25) is 0 Å². The fourth-order valence-corrected chi connectivity index (χ4v) is 2.21. The van der Waals surface area contributed by atoms with Crippen LogP contribution in [0, 0.1) is 0 Å². The summed E-state index contributed by atoms with van der Waals surface area (Å²) in [6.07, 6.45) is -3.39. The molecule has 0 bridgehead atoms. The highest BCUT2D eigenvalue weighted by Crippen LogP contribution is 2.38. The standard InChI is InChI=1S/C13H12F4N6/c14-9(15)7-2-1-3-8(20-7)10-21-11(18)23-12(22-10)19-6-4-13(16,17)5-6/h1-3,6,9H,4-5H2,(H3,18,19,21,22,23). The summed E-state index contributed by atoms with van der Waals surface area (Å²) in [5.74, 6) is -2.84. The van der Waals surface area contributed by atoms with Gasteiger partial charge in [0, 0.05) is 18.9 Å². The SMILES string of the molecule is Nc1nc(NC2CC(F)(F)C2)nc(-c2cccc(C(F)F)n2)n1. The Morgan fingerprint density at radius 1 is 1.13 bits per heavy atom. The van der Waals surface area contributed by atoms with Gasteiger partial charge in [-0.3, -0.25) is 0 Å². The first-order valence-corrected chi connectivity index (χ1v) is 6.74. The van der Waals surface area contributed by atoms with Gasteiger partial charge in [0.15, 0.2) is 5.82 Å². The van der Waals surface area contributed by atoms with Gasteiger partial charge in [0.1, 0.15) is 11.4 Å². The molecule has 3 N–H and O–H groups in total. The van der Waals surface area contributed by atoms with Gasteiger partial charge in [-0.1, -0.05) is 6.07 Å². The minimum absolute atomic E-state index is 0.00594. The highest BCUT2D eigenvalue weighted by Gasteiger charge is 2.45. The molecule has 2 aromatic heterocycles. The third kappa shape index (κ3) is 3.46. The molecular weight excluding hydrogens is 316 g/mol. The van der Waals surface area contributed by atoms with E-state index in [0.717, 1.165) is 0 Å². The zero-order chi connectivity index (χ0) is 16.6. The molecule has 122 valence electrons. The lowest BCUT2D eigenvalue weighted by Gasteiger charge is -2.35. The van der Waals surface area contributed by atoms with Crippen molar-refractivity contribution in [1.82, 2.24) is 19.9 Å². The molecule has 0 aliphatic heterocycles. The van der Waals surface area contributed by atoms with Crippen molar-refractivity contribution in [2.45, 2.75) is 31.2 Å². The molecule has 3 rings (SSSR count). The summed E-state index contributed by atoms with van der Waals surface area (Å²) >= 11 is 0. The molecule has 0 amide bonds. The van der Waals surface area contributed by atoms with Crippen molar-refractivity contribution >= 4 is 11.9 Å². The molecule has 0 aromatic carbocycles. The van der Waals surface area contributed by atoms with Crippen LogP contribution in [0.1, 0.15) is 25.0 Å². The molecular formula is C13H12F4N6. The zero-order valence-electron chi connectivity index (χ0n) is 11.7. The average Bonchev–Trinajstić information content (AvgIpc) is 2.45. The van der Waals surface area contributed by atoms with Gasteiger partial charge in [-0.2, -0.15) is 15.0 Å². The van der Waals surface area contributed by atoms with Crippen LogP contribution >= 0.6 is 0 Å². The van der Waals surface area contributed by atoms with Crippen molar-refractivity contribution in [3.05, 3.63) is 23.9 Å². The smallest absolute Gasteiger partial charge is 0.280 e. The van der Waals surface area contributed by atoms with Crippen LogP contribution in [-0.2, 0) is 0 Å². The average molecular weight is 328 g/mol. The molecule has 6 nitrogen and oxygen atoms in total. The first-order valence-electron chi connectivity index (χ1n) is 6.74. The van der Waals surface area contributed by atoms with E-state index < -0.39 is 24.1 Å². The molecule has 1 fully saturated rings. The van der Waals surface area contributed by atoms with Crippen molar-refractivity contribution < 1.29 is 17.6 Å². The fourth-order valence-electron chi connectivity index (χ4n) is 2.21. The third-order valence-corrected chi connectivity index (χ3v) is 3.30. The number of pyridine rings is 1. The molecule has 1 aliphatic rings. The number of nitrogen functional groups attached to an aromatic ring is 1. The van der Waals surface area contributed by atoms with E-state index in [1.165, 1.54) is 18.2 Å². The highest BCUT2D eigenvalue weighted by atomic mass is 19.3. The first-order chi connectivity index (χ1) is 10.8. The molecule has 0 spiro atoms. The molecule has 2 heterocycles. The van der Waals surface area contributed by atoms with E-state index in [9.17, 15) is 17.6 Å². The van der Waals surface area contributed by atoms with Gasteiger partial charge in [0.25, 0.3) is 12.3 Å². The van der Waals surface area contributed by atoms with Crippen molar-refractivity contribution in [2.24, 2.45) is 0 Å². The number of hydrogen-bond donors (Lipinski definition) is 2. The number of rotatable bonds is 4. The summed E-state index contributed by atoms with van der Waals surface area (Å²) in [4.78, 5) is 15.4. The quantitative estimate of drug-likeness (QED) is 0.839. The second-order valence-electron chi connectivity index (χ2n) is 5.19. The first kappa shape index (κ1) is 15.4. The van der Waals surface area contributed by atoms with Crippen LogP contribution in [0.25, 0.3) is 11.5 Å². The normalized spacial score (nSPS) is 17.1. The van der Waals surface area contributed by atoms with Gasteiger partial charge < -0.3 is 11.1 Å². The van der Waals surface area contributed by atoms with Gasteiger partial charge in [0.05, 0.1) is 0 Å². The van der Waals surface area contributed by atoms with Crippen molar-refractivity contribution in [1.29, 1.82) is 0 Å². The van der Waals surface area contributed by atoms with Crippen LogP contribution in [-0.4, -0.2) is 31.9 Å². The Morgan fingerprint density at radius 3 is 2.52 bits per heavy atom. The second kappa shape index (κ2) is 5.60. The van der Waals surface area contributed by atoms with E-state index in [1.807, 2.05) is 0 Å². The van der Waals surface area contributed by atoms with Crippen molar-refractivity contribution in [3.63, 3.8) is 0 Å². The lowest BCUT2D eigenvalue weighted by molar-refractivity contribution is -0.0794. The monoisotopic (exact) mass is 328 g/mol. The number of nitrogens with two attached hydrogens (primary N) is 1. The Balaban J connectivity index is 1.84. The van der Waals surface area contributed by atoms with Gasteiger partial charge >= 0.3 is 0 Å². The number of alkyl halides is 4. The molecule has 10 heteroatoms. The minimum Gasteiger partial charge on any atom is -0.368 e. The summed E-state index contributed by atoms with van der Waals surface area (Å²) in [6, 6.07) is 3.54. The molecule has 0 atom stereocenters. The summed E-state index contributed by atoms with van der Waals surface area (Å²) in [7, 11) is 0. The van der Waals surface area contributed by atoms with Gasteiger partial charge in [-0.25, -0.2) is 22.5 Å². The fraction of sp³-hybridized carbons (Fsp3) is 0.385. The van der Waals surface area contributed by atoms with E-state index in [4.69, 9.17) is 5.73 Å². The Morgan fingerprint density at radius 2 is 1.87 bits per heavy atom. The van der Waals surface area contributed by atoms with E-state index in [-0.39, 0.29) is 36.3 Å². The third-order valence-electron chi connectivity index (χ3n) is 3.30. The van der Waals surface area contributed by atoms with E-state index >= 15 is 0 Å². The van der Waals surface area contributed by atoms with Crippen molar-refractivity contribution in [2.75, 3.05) is 11.1 Å². The largest absolute Gasteiger partial charge is 0.368 e. The van der Waals surface area contributed by atoms with Crippen LogP contribution < -0.4 is 11.1 Å². The Kier molecular flexibility index (Phi) is 3.74. The summed E-state index contributed by atoms with van der Waals surface area (Å²) in [5, 5.41) is 2.72. The Hall–Kier alpha value is -2.52. The summed E-state index contributed by atoms with van der Waals surface area (Å²) in [5.41, 5.74) is 5.23. The number of anilines is 2. The number of nitrogens with one attached hydrogen (secondary N) is 1. The molecule has 1 aliphatic carbocycles. The predicted molar refractivity (Wildman–Crippen MR) is 74.0 cm³/mol. The number of aromatic nitrogens is 4. The van der Waals surface area contributed by atoms with E-state index in [0.29, 0.717) is 0 Å². The molecule has 0 radical (unpaired) electrons. The maximum absolute atomic E-state index is 12.8. The minimum atomic E-state index is -2.73. The van der Waals surface area contributed by atoms with Crippen LogP contribution in [0.5, 0.6) is 0 Å². The molecule has 1 saturated carbocycles. The zero-order valence-corrected chi connectivity index (χ0v) is 11.7. The number of hydrogen-bond acceptors (Lipinski definition) is 6. The lowest BCUT2D eigenvalue weighted by Crippen LogP contribution is -2.44. The van der Waals surface area contributed by atoms with E-state index in [2.05, 4.69) is 25.3 Å². The maximum Gasteiger partial charge on any atom is 0.280 e. The maximum atomic E-state index is 12.8. The molecule has 0 saturated heterocycles.